The maximum Gasteiger partial charge on any atom is 0.327 e. The van der Waals surface area contributed by atoms with Gasteiger partial charge in [0.1, 0.15) is 18.8 Å². The van der Waals surface area contributed by atoms with Crippen LogP contribution in [0.1, 0.15) is 13.8 Å². The quantitative estimate of drug-likeness (QED) is 0.148. The van der Waals surface area contributed by atoms with E-state index in [1.54, 1.807) is 38.1 Å². The van der Waals surface area contributed by atoms with Gasteiger partial charge in [-0.25, -0.2) is 13.8 Å². The molecule has 0 spiro atoms. The molecule has 1 amide bonds. The van der Waals surface area contributed by atoms with Crippen molar-refractivity contribution >= 4 is 40.7 Å². The average molecular weight is 539 g/mol. The molecule has 2 unspecified atom stereocenters. The lowest BCUT2D eigenvalue weighted by molar-refractivity contribution is -0.146. The van der Waals surface area contributed by atoms with Gasteiger partial charge in [0.15, 0.2) is 23.2 Å². The number of hydrogen-bond donors (Lipinski definition) is 4. The molecule has 1 aromatic heterocycles. The summed E-state index contributed by atoms with van der Waals surface area (Å²) in [4.78, 5) is 31.3. The van der Waals surface area contributed by atoms with Crippen molar-refractivity contribution in [3.8, 4) is 5.75 Å². The van der Waals surface area contributed by atoms with E-state index in [1.165, 1.54) is 12.1 Å². The summed E-state index contributed by atoms with van der Waals surface area (Å²) < 4.78 is 39.6. The molecular weight excluding hydrogens is 510 g/mol. The predicted molar refractivity (Wildman–Crippen MR) is 144 cm³/mol. The number of hydrogen-bond acceptors (Lipinski definition) is 9. The number of halogens is 2. The predicted octanol–water partition coefficient (Wildman–Crippen LogP) is 4.58. The van der Waals surface area contributed by atoms with Crippen molar-refractivity contribution in [1.82, 2.24) is 9.97 Å². The number of aromatic nitrogens is 2. The molecule has 0 bridgehead atoms. The van der Waals surface area contributed by atoms with Gasteiger partial charge in [-0.1, -0.05) is 24.8 Å². The van der Waals surface area contributed by atoms with Crippen molar-refractivity contribution in [2.45, 2.75) is 26.0 Å². The van der Waals surface area contributed by atoms with E-state index in [1.807, 2.05) is 0 Å². The minimum atomic E-state index is -0.945. The number of carbonyl (C=O) groups is 2. The third kappa shape index (κ3) is 8.33. The molecule has 0 fully saturated rings. The van der Waals surface area contributed by atoms with Crippen LogP contribution in [0, 0.1) is 11.6 Å². The fourth-order valence-electron chi connectivity index (χ4n) is 3.06. The van der Waals surface area contributed by atoms with Crippen molar-refractivity contribution in [1.29, 1.82) is 0 Å². The molecule has 0 aliphatic carbocycles. The highest BCUT2D eigenvalue weighted by Crippen LogP contribution is 2.26. The Morgan fingerprint density at radius 1 is 1.10 bits per heavy atom. The molecule has 3 rings (SSSR count). The van der Waals surface area contributed by atoms with Crippen LogP contribution in [-0.4, -0.2) is 40.6 Å². The first-order valence-electron chi connectivity index (χ1n) is 11.7. The lowest BCUT2D eigenvalue weighted by atomic mass is 10.2. The van der Waals surface area contributed by atoms with Gasteiger partial charge >= 0.3 is 5.97 Å². The second-order valence-electron chi connectivity index (χ2n) is 8.44. The lowest BCUT2D eigenvalue weighted by Gasteiger charge is -2.17. The topological polar surface area (TPSA) is 140 Å². The molecule has 2 atom stereocenters. The summed E-state index contributed by atoms with van der Waals surface area (Å²) in [5, 5.41) is 8.23. The first kappa shape index (κ1) is 28.7. The molecular formula is C27H28F2N6O4. The first-order chi connectivity index (χ1) is 18.5. The minimum absolute atomic E-state index is 0.00258. The third-order valence-electron chi connectivity index (χ3n) is 5.08. The molecule has 0 aliphatic heterocycles. The van der Waals surface area contributed by atoms with Gasteiger partial charge in [-0.2, -0.15) is 4.98 Å². The van der Waals surface area contributed by atoms with Gasteiger partial charge in [0.05, 0.1) is 6.20 Å². The Morgan fingerprint density at radius 3 is 2.51 bits per heavy atom. The van der Waals surface area contributed by atoms with Crippen molar-refractivity contribution in [2.75, 3.05) is 22.6 Å². The Kier molecular flexibility index (Phi) is 9.65. The van der Waals surface area contributed by atoms with Crippen LogP contribution < -0.4 is 26.4 Å². The van der Waals surface area contributed by atoms with Crippen LogP contribution >= 0.6 is 0 Å². The van der Waals surface area contributed by atoms with E-state index >= 15 is 0 Å². The van der Waals surface area contributed by atoms with Crippen molar-refractivity contribution < 1.29 is 27.8 Å². The van der Waals surface area contributed by atoms with Crippen LogP contribution in [0.5, 0.6) is 5.75 Å². The molecule has 3 aromatic rings. The third-order valence-corrected chi connectivity index (χ3v) is 5.08. The Balaban J connectivity index is 1.64. The maximum atomic E-state index is 14.7. The summed E-state index contributed by atoms with van der Waals surface area (Å²) in [6, 6.07) is 9.65. The number of nitrogens with zero attached hydrogens (tertiary/aromatic N) is 2. The van der Waals surface area contributed by atoms with E-state index in [2.05, 4.69) is 39.1 Å². The second kappa shape index (κ2) is 13.1. The number of rotatable bonds is 12. The van der Waals surface area contributed by atoms with E-state index in [-0.39, 0.29) is 29.8 Å². The second-order valence-corrected chi connectivity index (χ2v) is 8.44. The molecule has 39 heavy (non-hydrogen) atoms. The molecule has 2 aromatic carbocycles. The molecule has 0 saturated heterocycles. The molecule has 204 valence electrons. The van der Waals surface area contributed by atoms with E-state index in [0.29, 0.717) is 16.9 Å². The average Bonchev–Trinajstić information content (AvgIpc) is 2.90. The van der Waals surface area contributed by atoms with Crippen LogP contribution in [0.3, 0.4) is 0 Å². The highest BCUT2D eigenvalue weighted by Gasteiger charge is 2.18. The number of amides is 1. The van der Waals surface area contributed by atoms with Crippen LogP contribution in [0.2, 0.25) is 0 Å². The SMILES string of the molecule is C=CC(=O)Nc1cccc(Nc2nc(Nc3ccc(OC(C)COC(=O)C(N)C(=C)C)c(F)c3)ncc2F)c1. The van der Waals surface area contributed by atoms with E-state index in [0.717, 1.165) is 18.3 Å². The van der Waals surface area contributed by atoms with Crippen molar-refractivity contribution in [3.63, 3.8) is 0 Å². The summed E-state index contributed by atoms with van der Waals surface area (Å²) in [5.41, 5.74) is 7.31. The Labute approximate surface area is 223 Å². The van der Waals surface area contributed by atoms with E-state index in [9.17, 15) is 18.4 Å². The largest absolute Gasteiger partial charge is 0.484 e. The summed E-state index contributed by atoms with van der Waals surface area (Å²) in [5.74, 6) is -2.69. The highest BCUT2D eigenvalue weighted by atomic mass is 19.1. The number of anilines is 5. The zero-order valence-electron chi connectivity index (χ0n) is 21.3. The molecule has 10 nitrogen and oxygen atoms in total. The highest BCUT2D eigenvalue weighted by molar-refractivity contribution is 5.99. The van der Waals surface area contributed by atoms with Crippen LogP contribution in [0.15, 0.2) is 73.5 Å². The normalized spacial score (nSPS) is 12.0. The van der Waals surface area contributed by atoms with Gasteiger partial charge < -0.3 is 31.2 Å². The Hall–Kier alpha value is -4.84. The Morgan fingerprint density at radius 2 is 1.82 bits per heavy atom. The van der Waals surface area contributed by atoms with Crippen molar-refractivity contribution in [3.05, 3.63) is 85.1 Å². The van der Waals surface area contributed by atoms with Gasteiger partial charge in [0.25, 0.3) is 0 Å². The van der Waals surface area contributed by atoms with Gasteiger partial charge in [-0.05, 0) is 50.3 Å². The van der Waals surface area contributed by atoms with Gasteiger partial charge in [-0.15, -0.1) is 0 Å². The van der Waals surface area contributed by atoms with E-state index in [4.69, 9.17) is 15.2 Å². The number of nitrogens with two attached hydrogens (primary N) is 1. The molecule has 0 radical (unpaired) electrons. The lowest BCUT2D eigenvalue weighted by Crippen LogP contribution is -2.35. The molecule has 0 saturated carbocycles. The number of esters is 1. The number of benzene rings is 2. The molecule has 5 N–H and O–H groups in total. The summed E-state index contributed by atoms with van der Waals surface area (Å²) >= 11 is 0. The van der Waals surface area contributed by atoms with Crippen LogP contribution in [0.4, 0.5) is 37.6 Å². The van der Waals surface area contributed by atoms with Crippen molar-refractivity contribution in [2.24, 2.45) is 5.73 Å². The maximum absolute atomic E-state index is 14.7. The number of carbonyl (C=O) groups excluding carboxylic acids is 2. The van der Waals surface area contributed by atoms with Crippen LogP contribution in [0.25, 0.3) is 0 Å². The minimum Gasteiger partial charge on any atom is -0.484 e. The molecule has 12 heteroatoms. The standard InChI is InChI=1S/C27H28F2N6O4/c1-5-23(36)32-17-7-6-8-18(11-17)33-25-21(29)13-31-27(35-25)34-19-9-10-22(20(28)12-19)39-16(4)14-38-26(37)24(30)15(2)3/h5-13,16,24H,1-2,14,30H2,3-4H3,(H,32,36)(H2,31,33,34,35). The first-order valence-corrected chi connectivity index (χ1v) is 11.7. The summed E-state index contributed by atoms with van der Waals surface area (Å²) in [6.45, 7) is 10.1. The van der Waals surface area contributed by atoms with Gasteiger partial charge in [-0.3, -0.25) is 9.59 Å². The van der Waals surface area contributed by atoms with Gasteiger partial charge in [0.2, 0.25) is 11.9 Å². The van der Waals surface area contributed by atoms with E-state index < -0.39 is 35.7 Å². The fraction of sp³-hybridized carbons (Fsp3) is 0.185. The number of ether oxygens (including phenoxy) is 2. The smallest absolute Gasteiger partial charge is 0.327 e. The summed E-state index contributed by atoms with van der Waals surface area (Å²) in [6.07, 6.45) is 1.43. The van der Waals surface area contributed by atoms with Crippen LogP contribution in [-0.2, 0) is 14.3 Å². The zero-order chi connectivity index (χ0) is 28.5. The summed E-state index contributed by atoms with van der Waals surface area (Å²) in [7, 11) is 0. The number of nitrogens with one attached hydrogen (secondary N) is 3. The zero-order valence-corrected chi connectivity index (χ0v) is 21.3. The molecule has 1 heterocycles. The van der Waals surface area contributed by atoms with Gasteiger partial charge in [0, 0.05) is 23.1 Å². The Bertz CT molecular complexity index is 1380. The molecule has 0 aliphatic rings. The monoisotopic (exact) mass is 538 g/mol. The fourth-order valence-corrected chi connectivity index (χ4v) is 3.06.